The highest BCUT2D eigenvalue weighted by Crippen LogP contribution is 2.28. The van der Waals surface area contributed by atoms with Crippen molar-refractivity contribution in [2.45, 2.75) is 9.79 Å². The summed E-state index contributed by atoms with van der Waals surface area (Å²) in [6, 6.07) is 7.08. The standard InChI is InChI=1S/C24H24N8O10S2/c1-39-21-27-19(28-22(31-21)40-2)25-15-9-7-13(17(11-15)43(33,34)35)5-6-14-8-10-16(12-18(14)44(36,37)38)26-20-29-23(41-3)32-24(30-20)42-4/h5-12H,1-4H3,(H,33,34,35)(H,36,37,38)(H,25,27,28,31)(H,26,29,30,32)/p-2. The third-order valence-corrected chi connectivity index (χ3v) is 7.22. The molecule has 0 unspecified atom stereocenters. The third-order valence-electron chi connectivity index (χ3n) is 5.44. The Morgan fingerprint density at radius 1 is 0.568 bits per heavy atom. The predicted molar refractivity (Wildman–Crippen MR) is 150 cm³/mol. The molecule has 0 aliphatic rings. The summed E-state index contributed by atoms with van der Waals surface area (Å²) in [6.07, 6.45) is 2.34. The van der Waals surface area contributed by atoms with Crippen molar-refractivity contribution in [2.24, 2.45) is 0 Å². The molecule has 44 heavy (non-hydrogen) atoms. The van der Waals surface area contributed by atoms with Crippen LogP contribution in [0.2, 0.25) is 0 Å². The largest absolute Gasteiger partial charge is 0.744 e. The molecule has 232 valence electrons. The van der Waals surface area contributed by atoms with Crippen molar-refractivity contribution < 1.29 is 44.9 Å². The Kier molecular flexibility index (Phi) is 9.37. The number of ether oxygens (including phenoxy) is 4. The monoisotopic (exact) mass is 646 g/mol. The summed E-state index contributed by atoms with van der Waals surface area (Å²) in [5, 5.41) is 5.46. The van der Waals surface area contributed by atoms with E-state index in [0.717, 1.165) is 12.1 Å². The average molecular weight is 647 g/mol. The van der Waals surface area contributed by atoms with Gasteiger partial charge in [-0.3, -0.25) is 0 Å². The van der Waals surface area contributed by atoms with Crippen LogP contribution >= 0.6 is 0 Å². The first kappa shape index (κ1) is 31.7. The average Bonchev–Trinajstić information content (AvgIpc) is 2.99. The lowest BCUT2D eigenvalue weighted by atomic mass is 10.1. The molecule has 0 aliphatic carbocycles. The van der Waals surface area contributed by atoms with Crippen molar-refractivity contribution in [3.05, 3.63) is 47.5 Å². The van der Waals surface area contributed by atoms with Gasteiger partial charge in [-0.05, 0) is 35.4 Å². The summed E-state index contributed by atoms with van der Waals surface area (Å²) in [5.74, 6) is -0.140. The van der Waals surface area contributed by atoms with Crippen LogP contribution in [-0.2, 0) is 20.2 Å². The highest BCUT2D eigenvalue weighted by Gasteiger charge is 2.14. The van der Waals surface area contributed by atoms with Crippen LogP contribution in [0.15, 0.2) is 46.2 Å². The van der Waals surface area contributed by atoms with Gasteiger partial charge in [-0.2, -0.15) is 19.9 Å². The molecule has 20 heteroatoms. The van der Waals surface area contributed by atoms with Gasteiger partial charge in [-0.15, -0.1) is 9.97 Å². The normalized spacial score (nSPS) is 11.7. The van der Waals surface area contributed by atoms with Gasteiger partial charge in [0.2, 0.25) is 11.9 Å². The van der Waals surface area contributed by atoms with Gasteiger partial charge in [-0.25, -0.2) is 16.8 Å². The molecule has 2 aromatic heterocycles. The molecule has 0 atom stereocenters. The van der Waals surface area contributed by atoms with E-state index in [1.807, 2.05) is 0 Å². The number of nitrogens with one attached hydrogen (secondary N) is 2. The van der Waals surface area contributed by atoms with Crippen molar-refractivity contribution in [1.82, 2.24) is 29.9 Å². The quantitative estimate of drug-likeness (QED) is 0.163. The number of methoxy groups -OCH3 is 4. The predicted octanol–water partition coefficient (Wildman–Crippen LogP) is 1.56. The summed E-state index contributed by atoms with van der Waals surface area (Å²) in [4.78, 5) is 22.3. The van der Waals surface area contributed by atoms with Gasteiger partial charge in [-0.1, -0.05) is 24.3 Å². The van der Waals surface area contributed by atoms with E-state index in [1.165, 1.54) is 64.9 Å². The van der Waals surface area contributed by atoms with Gasteiger partial charge < -0.3 is 38.7 Å². The van der Waals surface area contributed by atoms with Crippen LogP contribution in [0, 0.1) is 0 Å². The first-order valence-electron chi connectivity index (χ1n) is 11.9. The lowest BCUT2D eigenvalue weighted by molar-refractivity contribution is 0.341. The van der Waals surface area contributed by atoms with Crippen molar-refractivity contribution in [2.75, 3.05) is 39.1 Å². The molecular weight excluding hydrogens is 624 g/mol. The minimum Gasteiger partial charge on any atom is -0.744 e. The second-order valence-corrected chi connectivity index (χ2v) is 11.0. The van der Waals surface area contributed by atoms with Crippen LogP contribution < -0.4 is 29.6 Å². The first-order chi connectivity index (χ1) is 20.8. The van der Waals surface area contributed by atoms with E-state index in [2.05, 4.69) is 40.5 Å². The Morgan fingerprint density at radius 3 is 1.16 bits per heavy atom. The van der Waals surface area contributed by atoms with Gasteiger partial charge in [0.05, 0.1) is 38.2 Å². The Hall–Kier alpha value is -5.18. The number of anilines is 4. The van der Waals surface area contributed by atoms with Crippen molar-refractivity contribution >= 4 is 55.7 Å². The molecule has 0 fully saturated rings. The molecule has 0 saturated heterocycles. The van der Waals surface area contributed by atoms with E-state index < -0.39 is 30.0 Å². The van der Waals surface area contributed by atoms with E-state index in [0.29, 0.717) is 0 Å². The summed E-state index contributed by atoms with van der Waals surface area (Å²) >= 11 is 0. The molecule has 0 spiro atoms. The minimum absolute atomic E-state index is 0.0701. The second kappa shape index (κ2) is 13.0. The number of nitrogens with zero attached hydrogens (tertiary/aromatic N) is 6. The number of aromatic nitrogens is 6. The lowest BCUT2D eigenvalue weighted by Crippen LogP contribution is -2.06. The summed E-state index contributed by atoms with van der Waals surface area (Å²) < 4.78 is 92.6. The molecule has 18 nitrogen and oxygen atoms in total. The zero-order valence-electron chi connectivity index (χ0n) is 23.2. The van der Waals surface area contributed by atoms with E-state index in [-0.39, 0.29) is 58.4 Å². The molecule has 2 aromatic carbocycles. The molecule has 4 aromatic rings. The molecule has 2 N–H and O–H groups in total. The maximum atomic E-state index is 12.1. The van der Waals surface area contributed by atoms with Gasteiger partial charge in [0.15, 0.2) is 0 Å². The number of benzene rings is 2. The number of hydrogen-bond acceptors (Lipinski definition) is 18. The van der Waals surface area contributed by atoms with Crippen LogP contribution in [0.4, 0.5) is 23.3 Å². The third kappa shape index (κ3) is 7.80. The fourth-order valence-electron chi connectivity index (χ4n) is 3.52. The molecule has 0 amide bonds. The highest BCUT2D eigenvalue weighted by atomic mass is 32.2. The SMILES string of the molecule is COc1nc(Nc2ccc(C=Cc3ccc(Nc4nc(OC)nc(OC)n4)cc3S(=O)(=O)[O-])c(S(=O)(=O)[O-])c2)nc(OC)n1. The highest BCUT2D eigenvalue weighted by molar-refractivity contribution is 7.86. The molecule has 4 rings (SSSR count). The molecule has 0 radical (unpaired) electrons. The Labute approximate surface area is 250 Å². The van der Waals surface area contributed by atoms with Crippen LogP contribution in [0.3, 0.4) is 0 Å². The zero-order valence-corrected chi connectivity index (χ0v) is 24.8. The Balaban J connectivity index is 1.68. The van der Waals surface area contributed by atoms with E-state index >= 15 is 0 Å². The van der Waals surface area contributed by atoms with Gasteiger partial charge in [0, 0.05) is 11.4 Å². The fraction of sp³-hybridized carbons (Fsp3) is 0.167. The Bertz CT molecular complexity index is 1760. The van der Waals surface area contributed by atoms with E-state index in [4.69, 9.17) is 18.9 Å². The van der Waals surface area contributed by atoms with E-state index in [1.54, 1.807) is 0 Å². The van der Waals surface area contributed by atoms with Crippen LogP contribution in [0.1, 0.15) is 11.1 Å². The van der Waals surface area contributed by atoms with Gasteiger partial charge >= 0.3 is 24.0 Å². The zero-order chi connectivity index (χ0) is 32.1. The Morgan fingerprint density at radius 2 is 0.886 bits per heavy atom. The maximum Gasteiger partial charge on any atom is 0.324 e. The second-order valence-electron chi connectivity index (χ2n) is 8.26. The molecule has 2 heterocycles. The number of rotatable bonds is 12. The smallest absolute Gasteiger partial charge is 0.324 e. The molecular formula is C24H22N8O10S2-2. The number of hydrogen-bond donors (Lipinski definition) is 2. The molecule has 0 aliphatic heterocycles. The summed E-state index contributed by atoms with van der Waals surface area (Å²) in [7, 11) is -4.81. The van der Waals surface area contributed by atoms with Crippen LogP contribution in [0.25, 0.3) is 12.2 Å². The molecule has 0 saturated carbocycles. The minimum atomic E-state index is -5.04. The molecule has 0 bridgehead atoms. The maximum absolute atomic E-state index is 12.1. The van der Waals surface area contributed by atoms with Crippen molar-refractivity contribution in [1.29, 1.82) is 0 Å². The van der Waals surface area contributed by atoms with Gasteiger partial charge in [0.1, 0.15) is 20.2 Å². The van der Waals surface area contributed by atoms with E-state index in [9.17, 15) is 25.9 Å². The lowest BCUT2D eigenvalue weighted by Gasteiger charge is -2.15. The van der Waals surface area contributed by atoms with Crippen LogP contribution in [-0.4, -0.2) is 84.3 Å². The van der Waals surface area contributed by atoms with Crippen molar-refractivity contribution in [3.8, 4) is 24.0 Å². The first-order valence-corrected chi connectivity index (χ1v) is 14.7. The summed E-state index contributed by atoms with van der Waals surface area (Å²) in [5.41, 5.74) is 0.0165. The topological polar surface area (TPSA) is 253 Å². The fourth-order valence-corrected chi connectivity index (χ4v) is 4.92. The van der Waals surface area contributed by atoms with Crippen molar-refractivity contribution in [3.63, 3.8) is 0 Å². The van der Waals surface area contributed by atoms with Gasteiger partial charge in [0.25, 0.3) is 0 Å². The van der Waals surface area contributed by atoms with Crippen LogP contribution in [0.5, 0.6) is 24.0 Å². The summed E-state index contributed by atoms with van der Waals surface area (Å²) in [6.45, 7) is 0.